The molecular formula is C13H19NO2S. The molecule has 94 valence electrons. The Balaban J connectivity index is 2.09. The van der Waals surface area contributed by atoms with Crippen LogP contribution in [-0.2, 0) is 16.6 Å². The Morgan fingerprint density at radius 3 is 2.35 bits per heavy atom. The summed E-state index contributed by atoms with van der Waals surface area (Å²) in [5.74, 6) is 0.816. The van der Waals surface area contributed by atoms with E-state index in [2.05, 4.69) is 26.0 Å². The van der Waals surface area contributed by atoms with Crippen molar-refractivity contribution < 1.29 is 8.42 Å². The van der Waals surface area contributed by atoms with Crippen molar-refractivity contribution >= 4 is 10.0 Å². The molecule has 2 rings (SSSR count). The normalized spacial score (nSPS) is 19.9. The highest BCUT2D eigenvalue weighted by atomic mass is 32.2. The van der Waals surface area contributed by atoms with Crippen molar-refractivity contribution in [2.24, 2.45) is 0 Å². The van der Waals surface area contributed by atoms with Crippen molar-refractivity contribution in [3.05, 3.63) is 35.4 Å². The molecule has 0 spiro atoms. The van der Waals surface area contributed by atoms with E-state index >= 15 is 0 Å². The highest BCUT2D eigenvalue weighted by Gasteiger charge is 2.27. The van der Waals surface area contributed by atoms with Crippen molar-refractivity contribution in [1.82, 2.24) is 4.31 Å². The molecule has 0 aromatic heterocycles. The van der Waals surface area contributed by atoms with Gasteiger partial charge in [0.2, 0.25) is 10.0 Å². The lowest BCUT2D eigenvalue weighted by Crippen LogP contribution is -2.25. The van der Waals surface area contributed by atoms with Gasteiger partial charge in [0, 0.05) is 13.1 Å². The Morgan fingerprint density at radius 2 is 1.88 bits per heavy atom. The third kappa shape index (κ3) is 2.87. The number of hydrogen-bond donors (Lipinski definition) is 0. The van der Waals surface area contributed by atoms with Crippen LogP contribution in [0.5, 0.6) is 0 Å². The van der Waals surface area contributed by atoms with E-state index < -0.39 is 10.0 Å². The fourth-order valence-corrected chi connectivity index (χ4v) is 3.59. The fraction of sp³-hybridized carbons (Fsp3) is 0.538. The molecule has 0 atom stereocenters. The topological polar surface area (TPSA) is 37.4 Å². The second kappa shape index (κ2) is 4.78. The van der Waals surface area contributed by atoms with Gasteiger partial charge < -0.3 is 0 Å². The van der Waals surface area contributed by atoms with E-state index in [1.165, 1.54) is 5.56 Å². The molecule has 0 aliphatic carbocycles. The number of hydrogen-bond acceptors (Lipinski definition) is 2. The standard InChI is InChI=1S/C13H19NO2S/c1-11(2)13-6-4-12(5-7-13)10-14-8-3-9-17(14,15)16/h4-7,11H,3,8-10H2,1-2H3. The van der Waals surface area contributed by atoms with Gasteiger partial charge in [-0.05, 0) is 23.5 Å². The van der Waals surface area contributed by atoms with E-state index in [0.29, 0.717) is 24.8 Å². The van der Waals surface area contributed by atoms with Gasteiger partial charge in [-0.15, -0.1) is 0 Å². The van der Waals surface area contributed by atoms with Gasteiger partial charge in [-0.2, -0.15) is 4.31 Å². The Hall–Kier alpha value is -0.870. The maximum absolute atomic E-state index is 11.7. The number of benzene rings is 1. The van der Waals surface area contributed by atoms with E-state index in [4.69, 9.17) is 0 Å². The summed E-state index contributed by atoms with van der Waals surface area (Å²) < 4.78 is 24.9. The molecule has 1 fully saturated rings. The maximum Gasteiger partial charge on any atom is 0.214 e. The predicted molar refractivity (Wildman–Crippen MR) is 69.3 cm³/mol. The van der Waals surface area contributed by atoms with Crippen molar-refractivity contribution in [3.63, 3.8) is 0 Å². The molecule has 1 aromatic carbocycles. The first kappa shape index (κ1) is 12.6. The van der Waals surface area contributed by atoms with Gasteiger partial charge in [0.05, 0.1) is 5.75 Å². The summed E-state index contributed by atoms with van der Waals surface area (Å²) in [6.45, 7) is 5.48. The highest BCUT2D eigenvalue weighted by molar-refractivity contribution is 7.89. The Kier molecular flexibility index (Phi) is 3.54. The third-order valence-electron chi connectivity index (χ3n) is 3.21. The molecule has 1 saturated heterocycles. The number of nitrogens with zero attached hydrogens (tertiary/aromatic N) is 1. The van der Waals surface area contributed by atoms with Crippen LogP contribution in [0.25, 0.3) is 0 Å². The summed E-state index contributed by atoms with van der Waals surface area (Å²) in [5, 5.41) is 0. The minimum absolute atomic E-state index is 0.303. The van der Waals surface area contributed by atoms with Crippen molar-refractivity contribution in [2.45, 2.75) is 32.7 Å². The summed E-state index contributed by atoms with van der Waals surface area (Å²) >= 11 is 0. The van der Waals surface area contributed by atoms with Gasteiger partial charge >= 0.3 is 0 Å². The zero-order valence-electron chi connectivity index (χ0n) is 10.4. The molecule has 4 heteroatoms. The van der Waals surface area contributed by atoms with Crippen LogP contribution in [0.4, 0.5) is 0 Å². The first-order chi connectivity index (χ1) is 7.99. The Bertz CT molecular complexity index is 477. The molecule has 0 bridgehead atoms. The van der Waals surface area contributed by atoms with Crippen LogP contribution in [0, 0.1) is 0 Å². The van der Waals surface area contributed by atoms with E-state index in [0.717, 1.165) is 12.0 Å². The summed E-state index contributed by atoms with van der Waals surface area (Å²) in [4.78, 5) is 0. The predicted octanol–water partition coefficient (Wildman–Crippen LogP) is 2.35. The summed E-state index contributed by atoms with van der Waals surface area (Å²) in [5.41, 5.74) is 2.36. The highest BCUT2D eigenvalue weighted by Crippen LogP contribution is 2.19. The zero-order chi connectivity index (χ0) is 12.5. The molecule has 3 nitrogen and oxygen atoms in total. The second-order valence-corrected chi connectivity index (χ2v) is 6.99. The van der Waals surface area contributed by atoms with Gasteiger partial charge in [0.1, 0.15) is 0 Å². The molecule has 0 unspecified atom stereocenters. The Labute approximate surface area is 104 Å². The average Bonchev–Trinajstić information content (AvgIpc) is 2.59. The van der Waals surface area contributed by atoms with E-state index in [1.807, 2.05) is 12.1 Å². The van der Waals surface area contributed by atoms with Crippen LogP contribution in [-0.4, -0.2) is 25.0 Å². The minimum Gasteiger partial charge on any atom is -0.212 e. The van der Waals surface area contributed by atoms with Crippen LogP contribution in [0.15, 0.2) is 24.3 Å². The van der Waals surface area contributed by atoms with Crippen molar-refractivity contribution in [2.75, 3.05) is 12.3 Å². The molecule has 1 aromatic rings. The second-order valence-electron chi connectivity index (χ2n) is 4.90. The minimum atomic E-state index is -2.98. The van der Waals surface area contributed by atoms with Crippen LogP contribution >= 0.6 is 0 Å². The molecule has 0 N–H and O–H groups in total. The van der Waals surface area contributed by atoms with Crippen molar-refractivity contribution in [1.29, 1.82) is 0 Å². The van der Waals surface area contributed by atoms with Crippen molar-refractivity contribution in [3.8, 4) is 0 Å². The maximum atomic E-state index is 11.7. The van der Waals surface area contributed by atoms with Crippen LogP contribution in [0.3, 0.4) is 0 Å². The smallest absolute Gasteiger partial charge is 0.212 e. The fourth-order valence-electron chi connectivity index (χ4n) is 2.08. The summed E-state index contributed by atoms with van der Waals surface area (Å²) in [6.07, 6.45) is 0.756. The largest absolute Gasteiger partial charge is 0.214 e. The van der Waals surface area contributed by atoms with Gasteiger partial charge in [0.15, 0.2) is 0 Å². The quantitative estimate of drug-likeness (QED) is 0.829. The van der Waals surface area contributed by atoms with Crippen LogP contribution < -0.4 is 0 Å². The number of rotatable bonds is 3. The third-order valence-corrected chi connectivity index (χ3v) is 5.11. The number of sulfonamides is 1. The van der Waals surface area contributed by atoms with Gasteiger partial charge in [-0.25, -0.2) is 8.42 Å². The van der Waals surface area contributed by atoms with E-state index in [9.17, 15) is 8.42 Å². The zero-order valence-corrected chi connectivity index (χ0v) is 11.2. The first-order valence-electron chi connectivity index (χ1n) is 6.06. The average molecular weight is 253 g/mol. The first-order valence-corrected chi connectivity index (χ1v) is 7.66. The lowest BCUT2D eigenvalue weighted by atomic mass is 10.0. The molecule has 1 aliphatic rings. The lowest BCUT2D eigenvalue weighted by Gasteiger charge is -2.14. The molecule has 0 saturated carbocycles. The lowest BCUT2D eigenvalue weighted by molar-refractivity contribution is 0.439. The van der Waals surface area contributed by atoms with E-state index in [1.54, 1.807) is 4.31 Å². The molecule has 0 radical (unpaired) electrons. The Morgan fingerprint density at radius 1 is 1.24 bits per heavy atom. The van der Waals surface area contributed by atoms with Gasteiger partial charge in [-0.3, -0.25) is 0 Å². The van der Waals surface area contributed by atoms with Gasteiger partial charge in [-0.1, -0.05) is 38.1 Å². The monoisotopic (exact) mass is 253 g/mol. The SMILES string of the molecule is CC(C)c1ccc(CN2CCCS2(=O)=O)cc1. The van der Waals surface area contributed by atoms with Gasteiger partial charge in [0.25, 0.3) is 0 Å². The molecule has 1 aliphatic heterocycles. The molecule has 0 amide bonds. The van der Waals surface area contributed by atoms with E-state index in [-0.39, 0.29) is 0 Å². The van der Waals surface area contributed by atoms with Crippen LogP contribution in [0.1, 0.15) is 37.3 Å². The molecular weight excluding hydrogens is 234 g/mol. The molecule has 1 heterocycles. The summed E-state index contributed by atoms with van der Waals surface area (Å²) in [6, 6.07) is 8.23. The molecule has 17 heavy (non-hydrogen) atoms. The summed E-state index contributed by atoms with van der Waals surface area (Å²) in [7, 11) is -2.98. The van der Waals surface area contributed by atoms with Crippen LogP contribution in [0.2, 0.25) is 0 Å².